The number of hydrogen-bond acceptors (Lipinski definition) is 4. The molecule has 152 valence electrons. The van der Waals surface area contributed by atoms with Crippen molar-refractivity contribution in [1.82, 2.24) is 0 Å². The third kappa shape index (κ3) is 4.71. The van der Waals surface area contributed by atoms with Crippen LogP contribution in [0.2, 0.25) is 0 Å². The third-order valence-electron chi connectivity index (χ3n) is 4.35. The molecule has 29 heavy (non-hydrogen) atoms. The average Bonchev–Trinajstić information content (AvgIpc) is 2.56. The topological polar surface area (TPSA) is 72.4 Å². The predicted octanol–water partition coefficient (Wildman–Crippen LogP) is 0.727. The summed E-state index contributed by atoms with van der Waals surface area (Å²) in [7, 11) is 0. The number of carbonyl (C=O) groups excluding carboxylic acids is 1. The summed E-state index contributed by atoms with van der Waals surface area (Å²) in [6, 6.07) is 6.12. The summed E-state index contributed by atoms with van der Waals surface area (Å²) in [6.45, 7) is 3.45. The number of carboxylic acids is 1. The van der Waals surface area contributed by atoms with Crippen LogP contribution in [-0.4, -0.2) is 23.4 Å². The van der Waals surface area contributed by atoms with Gasteiger partial charge in [-0.05, 0) is 43.2 Å². The van der Waals surface area contributed by atoms with Crippen LogP contribution in [0, 0.1) is 13.8 Å². The number of alkyl halides is 6. The van der Waals surface area contributed by atoms with Crippen molar-refractivity contribution in [3.8, 4) is 0 Å². The van der Waals surface area contributed by atoms with Crippen molar-refractivity contribution in [2.75, 3.05) is 5.32 Å². The van der Waals surface area contributed by atoms with E-state index in [1.807, 2.05) is 0 Å². The fourth-order valence-electron chi connectivity index (χ4n) is 2.57. The molecular weight excluding hydrogens is 415 g/mol. The molecule has 0 saturated heterocycles. The summed E-state index contributed by atoms with van der Waals surface area (Å²) >= 11 is 0. The number of anilines is 2. The summed E-state index contributed by atoms with van der Waals surface area (Å²) in [5.74, 6) is -2.01. The second-order valence-electron chi connectivity index (χ2n) is 6.13. The second kappa shape index (κ2) is 8.55. The first-order valence-electron chi connectivity index (χ1n) is 7.75. The summed E-state index contributed by atoms with van der Waals surface area (Å²) in [6.07, 6.45) is -12.3. The van der Waals surface area contributed by atoms with Gasteiger partial charge in [0.15, 0.2) is 0 Å². The first kappa shape index (κ1) is 25.3. The molecule has 0 aliphatic heterocycles. The van der Waals surface area contributed by atoms with Gasteiger partial charge in [0.2, 0.25) is 0 Å². The minimum absolute atomic E-state index is 0. The molecule has 0 bridgehead atoms. The van der Waals surface area contributed by atoms with Gasteiger partial charge in [0.05, 0.1) is 5.97 Å². The van der Waals surface area contributed by atoms with Crippen molar-refractivity contribution in [2.24, 2.45) is 0 Å². The van der Waals surface area contributed by atoms with E-state index in [1.165, 1.54) is 0 Å². The molecule has 0 spiro atoms. The number of aliphatic hydroxyl groups is 1. The number of rotatable bonds is 4. The molecule has 4 nitrogen and oxygen atoms in total. The number of carboxylic acid groups (broad SMARTS) is 1. The zero-order valence-corrected chi connectivity index (χ0v) is 17.5. The molecule has 0 radical (unpaired) electrons. The van der Waals surface area contributed by atoms with Crippen molar-refractivity contribution in [3.63, 3.8) is 0 Å². The molecule has 0 heterocycles. The van der Waals surface area contributed by atoms with Crippen LogP contribution < -0.4 is 40.0 Å². The molecular formula is C18H14F6NNaO3. The van der Waals surface area contributed by atoms with Gasteiger partial charge in [-0.3, -0.25) is 0 Å². The predicted molar refractivity (Wildman–Crippen MR) is 86.0 cm³/mol. The summed E-state index contributed by atoms with van der Waals surface area (Å²) in [5, 5.41) is 23.4. The van der Waals surface area contributed by atoms with Gasteiger partial charge in [0.1, 0.15) is 0 Å². The van der Waals surface area contributed by atoms with Gasteiger partial charge >= 0.3 is 41.9 Å². The molecule has 0 atom stereocenters. The molecule has 11 heteroatoms. The standard InChI is InChI=1S/C18H15F6NO3.Na/c1-9-4-3-5-13(10(9)2)25-14-7-6-11(8-12(14)15(26)27)16(28,17(19,20)21)18(22,23)24;/h3-8,25,28H,1-2H3,(H,26,27);/q;+1/p-1. The maximum atomic E-state index is 13.0. The zero-order chi connectivity index (χ0) is 21.5. The summed E-state index contributed by atoms with van der Waals surface area (Å²) in [4.78, 5) is 11.3. The molecule has 0 unspecified atom stereocenters. The van der Waals surface area contributed by atoms with E-state index in [1.54, 1.807) is 32.0 Å². The monoisotopic (exact) mass is 429 g/mol. The zero-order valence-electron chi connectivity index (χ0n) is 15.5. The SMILES string of the molecule is Cc1cccc(Nc2ccc(C(O)(C(F)(F)F)C(F)(F)F)cc2C(=O)[O-])c1C.[Na+]. The Bertz CT molecular complexity index is 897. The number of nitrogens with one attached hydrogen (secondary N) is 1. The molecule has 0 aliphatic carbocycles. The van der Waals surface area contributed by atoms with E-state index in [4.69, 9.17) is 0 Å². The first-order chi connectivity index (χ1) is 12.7. The third-order valence-corrected chi connectivity index (χ3v) is 4.35. The Balaban J connectivity index is 0.00000420. The van der Waals surface area contributed by atoms with Crippen LogP contribution in [0.1, 0.15) is 27.0 Å². The molecule has 2 aromatic carbocycles. The Morgan fingerprint density at radius 3 is 2.00 bits per heavy atom. The van der Waals surface area contributed by atoms with Crippen molar-refractivity contribution < 1.29 is 70.9 Å². The molecule has 0 amide bonds. The van der Waals surface area contributed by atoms with Gasteiger partial charge in [-0.25, -0.2) is 0 Å². The summed E-state index contributed by atoms with van der Waals surface area (Å²) in [5.41, 5.74) is -6.26. The maximum Gasteiger partial charge on any atom is 1.00 e. The van der Waals surface area contributed by atoms with Crippen LogP contribution in [0.3, 0.4) is 0 Å². The quantitative estimate of drug-likeness (QED) is 0.556. The molecule has 0 aliphatic rings. The average molecular weight is 429 g/mol. The second-order valence-corrected chi connectivity index (χ2v) is 6.13. The van der Waals surface area contributed by atoms with Crippen LogP contribution in [-0.2, 0) is 5.60 Å². The van der Waals surface area contributed by atoms with E-state index in [0.29, 0.717) is 23.4 Å². The normalized spacial score (nSPS) is 12.3. The number of carbonyl (C=O) groups is 1. The van der Waals surface area contributed by atoms with Crippen molar-refractivity contribution in [1.29, 1.82) is 0 Å². The van der Waals surface area contributed by atoms with Gasteiger partial charge in [0, 0.05) is 22.5 Å². The summed E-state index contributed by atoms with van der Waals surface area (Å²) < 4.78 is 78.1. The number of aromatic carboxylic acids is 1. The molecule has 2 rings (SSSR count). The number of benzene rings is 2. The molecule has 0 fully saturated rings. The Labute approximate surface area is 183 Å². The van der Waals surface area contributed by atoms with Crippen LogP contribution in [0.5, 0.6) is 0 Å². The molecule has 0 saturated carbocycles. The number of halogens is 6. The van der Waals surface area contributed by atoms with Gasteiger partial charge in [-0.2, -0.15) is 26.3 Å². The Morgan fingerprint density at radius 1 is 0.966 bits per heavy atom. The molecule has 0 aromatic heterocycles. The van der Waals surface area contributed by atoms with Crippen LogP contribution in [0.4, 0.5) is 37.7 Å². The Hall–Kier alpha value is -1.75. The van der Waals surface area contributed by atoms with E-state index in [2.05, 4.69) is 5.32 Å². The van der Waals surface area contributed by atoms with E-state index in [0.717, 1.165) is 5.56 Å². The van der Waals surface area contributed by atoms with E-state index >= 15 is 0 Å². The van der Waals surface area contributed by atoms with Crippen LogP contribution >= 0.6 is 0 Å². The van der Waals surface area contributed by atoms with Crippen molar-refractivity contribution in [2.45, 2.75) is 31.8 Å². The van der Waals surface area contributed by atoms with E-state index < -0.39 is 35.0 Å². The Kier molecular flexibility index (Phi) is 7.45. The van der Waals surface area contributed by atoms with Crippen molar-refractivity contribution >= 4 is 17.3 Å². The van der Waals surface area contributed by atoms with Crippen molar-refractivity contribution in [3.05, 3.63) is 58.7 Å². The first-order valence-corrected chi connectivity index (χ1v) is 7.75. The van der Waals surface area contributed by atoms with Gasteiger partial charge in [0.25, 0.3) is 5.60 Å². The number of aryl methyl sites for hydroxylation is 1. The molecule has 2 aromatic rings. The van der Waals surface area contributed by atoms with Gasteiger partial charge < -0.3 is 20.3 Å². The van der Waals surface area contributed by atoms with Crippen LogP contribution in [0.25, 0.3) is 0 Å². The van der Waals surface area contributed by atoms with Gasteiger partial charge in [-0.1, -0.05) is 18.2 Å². The fraction of sp³-hybridized carbons (Fsp3) is 0.278. The smallest absolute Gasteiger partial charge is 0.545 e. The Morgan fingerprint density at radius 2 is 1.52 bits per heavy atom. The minimum atomic E-state index is -6.13. The maximum absolute atomic E-state index is 13.0. The van der Waals surface area contributed by atoms with E-state index in [-0.39, 0.29) is 41.3 Å². The fourth-order valence-corrected chi connectivity index (χ4v) is 2.57. The largest absolute Gasteiger partial charge is 1.00 e. The number of hydrogen-bond donors (Lipinski definition) is 2. The van der Waals surface area contributed by atoms with Crippen LogP contribution in [0.15, 0.2) is 36.4 Å². The van der Waals surface area contributed by atoms with Gasteiger partial charge in [-0.15, -0.1) is 0 Å². The molecule has 2 N–H and O–H groups in total. The minimum Gasteiger partial charge on any atom is -0.545 e. The van der Waals surface area contributed by atoms with E-state index in [9.17, 15) is 41.4 Å².